The van der Waals surface area contributed by atoms with E-state index in [2.05, 4.69) is 0 Å². The van der Waals surface area contributed by atoms with Crippen LogP contribution in [-0.2, 0) is 9.59 Å². The molecule has 0 spiro atoms. The number of unbranched alkanes of at least 4 members (excludes halogenated alkanes) is 1. The molecule has 0 atom stereocenters. The Balaban J connectivity index is 5.16. The van der Waals surface area contributed by atoms with Gasteiger partial charge in [0.1, 0.15) is 0 Å². The molecule has 4 heteroatoms. The average Bonchev–Trinajstić information content (AvgIpc) is 2.09. The normalized spacial score (nSPS) is 12.5. The molecule has 0 saturated heterocycles. The van der Waals surface area contributed by atoms with Crippen LogP contribution >= 0.6 is 0 Å². The maximum Gasteiger partial charge on any atom is 0.332 e. The third-order valence-corrected chi connectivity index (χ3v) is 2.17. The molecule has 0 aromatic heterocycles. The molecule has 0 aromatic rings. The largest absolute Gasteiger partial charge is 0.478 e. The summed E-state index contributed by atoms with van der Waals surface area (Å²) >= 11 is 0. The molecule has 0 unspecified atom stereocenters. The van der Waals surface area contributed by atoms with Crippen LogP contribution in [-0.4, -0.2) is 22.2 Å². The summed E-state index contributed by atoms with van der Waals surface area (Å²) in [7, 11) is 0. The molecule has 0 saturated carbocycles. The molecule has 0 radical (unpaired) electrons. The van der Waals surface area contributed by atoms with E-state index in [0.29, 0.717) is 12.8 Å². The Labute approximate surface area is 89.6 Å². The highest BCUT2D eigenvalue weighted by Crippen LogP contribution is 2.20. The molecular formula is C11H18O4. The molecule has 0 rings (SSSR count). The molecule has 0 aliphatic carbocycles. The molecule has 2 N–H and O–H groups in total. The summed E-state index contributed by atoms with van der Waals surface area (Å²) in [5, 5.41) is 17.9. The summed E-state index contributed by atoms with van der Waals surface area (Å²) in [6, 6.07) is 0. The van der Waals surface area contributed by atoms with Crippen molar-refractivity contribution in [2.24, 2.45) is 5.92 Å². The fourth-order valence-electron chi connectivity index (χ4n) is 1.43. The van der Waals surface area contributed by atoms with Gasteiger partial charge in [-0.15, -0.1) is 0 Å². The number of rotatable bonds is 6. The van der Waals surface area contributed by atoms with E-state index in [-0.39, 0.29) is 17.1 Å². The zero-order chi connectivity index (χ0) is 12.0. The first-order valence-corrected chi connectivity index (χ1v) is 5.11. The van der Waals surface area contributed by atoms with Crippen molar-refractivity contribution >= 4 is 11.9 Å². The van der Waals surface area contributed by atoms with Crippen LogP contribution in [0.5, 0.6) is 0 Å². The minimum atomic E-state index is -1.13. The van der Waals surface area contributed by atoms with Crippen molar-refractivity contribution in [2.45, 2.75) is 40.0 Å². The quantitative estimate of drug-likeness (QED) is 0.665. The third kappa shape index (κ3) is 4.14. The van der Waals surface area contributed by atoms with Crippen LogP contribution in [0.15, 0.2) is 11.1 Å². The Kier molecular flexibility index (Phi) is 5.67. The third-order valence-electron chi connectivity index (χ3n) is 2.17. The van der Waals surface area contributed by atoms with Gasteiger partial charge in [-0.1, -0.05) is 27.2 Å². The predicted molar refractivity (Wildman–Crippen MR) is 56.7 cm³/mol. The van der Waals surface area contributed by atoms with Crippen LogP contribution in [0.1, 0.15) is 40.0 Å². The van der Waals surface area contributed by atoms with E-state index in [1.54, 1.807) is 13.8 Å². The fraction of sp³-hybridized carbons (Fsp3) is 0.636. The van der Waals surface area contributed by atoms with E-state index >= 15 is 0 Å². The highest BCUT2D eigenvalue weighted by atomic mass is 16.4. The van der Waals surface area contributed by atoms with Crippen LogP contribution < -0.4 is 0 Å². The number of carboxylic acids is 2. The first-order valence-electron chi connectivity index (χ1n) is 5.11. The number of aliphatic carboxylic acids is 2. The lowest BCUT2D eigenvalue weighted by Crippen LogP contribution is -2.15. The summed E-state index contributed by atoms with van der Waals surface area (Å²) in [5.74, 6) is -2.52. The van der Waals surface area contributed by atoms with Crippen LogP contribution in [0, 0.1) is 5.92 Å². The van der Waals surface area contributed by atoms with Crippen molar-refractivity contribution in [1.29, 1.82) is 0 Å². The maximum absolute atomic E-state index is 10.9. The molecule has 0 aromatic carbocycles. The lowest BCUT2D eigenvalue weighted by atomic mass is 9.94. The van der Waals surface area contributed by atoms with E-state index in [0.717, 1.165) is 6.42 Å². The standard InChI is InChI=1S/C11H18O4/c1-4-5-6-8(10(12)13)9(7(2)3)11(14)15/h7H,4-6H2,1-3H3,(H,12,13)(H,14,15). The smallest absolute Gasteiger partial charge is 0.332 e. The van der Waals surface area contributed by atoms with Crippen LogP contribution in [0.3, 0.4) is 0 Å². The Morgan fingerprint density at radius 1 is 1.13 bits per heavy atom. The van der Waals surface area contributed by atoms with Crippen molar-refractivity contribution in [3.8, 4) is 0 Å². The van der Waals surface area contributed by atoms with Gasteiger partial charge in [0.25, 0.3) is 0 Å². The maximum atomic E-state index is 10.9. The van der Waals surface area contributed by atoms with Crippen molar-refractivity contribution in [3.05, 3.63) is 11.1 Å². The second kappa shape index (κ2) is 6.22. The lowest BCUT2D eigenvalue weighted by molar-refractivity contribution is -0.136. The first kappa shape index (κ1) is 13.7. The van der Waals surface area contributed by atoms with Crippen LogP contribution in [0.2, 0.25) is 0 Å². The molecule has 86 valence electrons. The van der Waals surface area contributed by atoms with Gasteiger partial charge in [0.05, 0.1) is 0 Å². The van der Waals surface area contributed by atoms with Gasteiger partial charge in [-0.05, 0) is 18.8 Å². The summed E-state index contributed by atoms with van der Waals surface area (Å²) in [4.78, 5) is 21.9. The van der Waals surface area contributed by atoms with E-state index in [4.69, 9.17) is 10.2 Å². The summed E-state index contributed by atoms with van der Waals surface area (Å²) in [6.45, 7) is 5.33. The summed E-state index contributed by atoms with van der Waals surface area (Å²) in [6.07, 6.45) is 1.87. The molecule has 0 aliphatic heterocycles. The van der Waals surface area contributed by atoms with Crippen molar-refractivity contribution < 1.29 is 19.8 Å². The van der Waals surface area contributed by atoms with E-state index in [9.17, 15) is 9.59 Å². The molecule has 0 bridgehead atoms. The SMILES string of the molecule is CCCCC(C(=O)O)=C(C(=O)O)C(C)C. The van der Waals surface area contributed by atoms with Gasteiger partial charge in [0.2, 0.25) is 0 Å². The monoisotopic (exact) mass is 214 g/mol. The minimum absolute atomic E-state index is 0.0240. The Morgan fingerprint density at radius 2 is 1.67 bits per heavy atom. The fourth-order valence-corrected chi connectivity index (χ4v) is 1.43. The highest BCUT2D eigenvalue weighted by molar-refractivity contribution is 5.99. The van der Waals surface area contributed by atoms with Crippen LogP contribution in [0.4, 0.5) is 0 Å². The lowest BCUT2D eigenvalue weighted by Gasteiger charge is -2.11. The summed E-state index contributed by atoms with van der Waals surface area (Å²) in [5.41, 5.74) is 0.0651. The van der Waals surface area contributed by atoms with Gasteiger partial charge >= 0.3 is 11.9 Å². The van der Waals surface area contributed by atoms with Gasteiger partial charge in [-0.3, -0.25) is 0 Å². The zero-order valence-corrected chi connectivity index (χ0v) is 9.41. The Morgan fingerprint density at radius 3 is 1.93 bits per heavy atom. The van der Waals surface area contributed by atoms with E-state index in [1.165, 1.54) is 0 Å². The van der Waals surface area contributed by atoms with Crippen molar-refractivity contribution in [2.75, 3.05) is 0 Å². The summed E-state index contributed by atoms with van der Waals surface area (Å²) < 4.78 is 0. The van der Waals surface area contributed by atoms with Gasteiger partial charge in [0.15, 0.2) is 0 Å². The Hall–Kier alpha value is -1.32. The van der Waals surface area contributed by atoms with Gasteiger partial charge in [-0.25, -0.2) is 9.59 Å². The minimum Gasteiger partial charge on any atom is -0.478 e. The van der Waals surface area contributed by atoms with E-state index < -0.39 is 11.9 Å². The van der Waals surface area contributed by atoms with Gasteiger partial charge in [-0.2, -0.15) is 0 Å². The second-order valence-corrected chi connectivity index (χ2v) is 3.76. The van der Waals surface area contributed by atoms with Crippen LogP contribution in [0.25, 0.3) is 0 Å². The molecule has 0 heterocycles. The molecule has 0 fully saturated rings. The second-order valence-electron chi connectivity index (χ2n) is 3.76. The molecule has 0 aliphatic rings. The highest BCUT2D eigenvalue weighted by Gasteiger charge is 2.21. The van der Waals surface area contributed by atoms with Gasteiger partial charge in [0, 0.05) is 11.1 Å². The number of hydrogen-bond acceptors (Lipinski definition) is 2. The van der Waals surface area contributed by atoms with E-state index in [1.807, 2.05) is 6.92 Å². The average molecular weight is 214 g/mol. The molecular weight excluding hydrogens is 196 g/mol. The number of carboxylic acid groups (broad SMARTS) is 2. The van der Waals surface area contributed by atoms with Crippen molar-refractivity contribution in [1.82, 2.24) is 0 Å². The van der Waals surface area contributed by atoms with Crippen molar-refractivity contribution in [3.63, 3.8) is 0 Å². The zero-order valence-electron chi connectivity index (χ0n) is 9.41. The number of carbonyl (C=O) groups is 2. The predicted octanol–water partition coefficient (Wildman–Crippen LogP) is 2.30. The topological polar surface area (TPSA) is 74.6 Å². The first-order chi connectivity index (χ1) is 6.91. The Bertz CT molecular complexity index is 276. The molecule has 4 nitrogen and oxygen atoms in total. The number of hydrogen-bond donors (Lipinski definition) is 2. The molecule has 15 heavy (non-hydrogen) atoms. The van der Waals surface area contributed by atoms with Gasteiger partial charge < -0.3 is 10.2 Å². The molecule has 0 amide bonds.